The number of carbonyl (C=O) groups is 1. The number of carbonyl (C=O) groups excluding carboxylic acids is 1. The van der Waals surface area contributed by atoms with E-state index in [4.69, 9.17) is 14.7 Å². The maximum atomic E-state index is 12.4. The number of anilines is 1. The number of fused-ring (bicyclic) bond motifs is 2. The summed E-state index contributed by atoms with van der Waals surface area (Å²) in [7, 11) is 1.88. The van der Waals surface area contributed by atoms with Crippen molar-refractivity contribution in [1.82, 2.24) is 29.6 Å². The van der Waals surface area contributed by atoms with Gasteiger partial charge in [-0.15, -0.1) is 0 Å². The Bertz CT molecular complexity index is 1330. The Morgan fingerprint density at radius 1 is 1.03 bits per heavy atom. The first-order valence-corrected chi connectivity index (χ1v) is 11.1. The van der Waals surface area contributed by atoms with Crippen LogP contribution in [0.3, 0.4) is 0 Å². The van der Waals surface area contributed by atoms with Crippen LogP contribution in [0.4, 0.5) is 10.7 Å². The first-order valence-electron chi connectivity index (χ1n) is 11.1. The van der Waals surface area contributed by atoms with E-state index in [0.29, 0.717) is 32.1 Å². The van der Waals surface area contributed by atoms with E-state index in [9.17, 15) is 4.79 Å². The largest absolute Gasteiger partial charge is 0.444 e. The van der Waals surface area contributed by atoms with Gasteiger partial charge in [-0.2, -0.15) is 10.1 Å². The third-order valence-corrected chi connectivity index (χ3v) is 5.66. The molecule has 170 valence electrons. The van der Waals surface area contributed by atoms with Crippen molar-refractivity contribution in [3.8, 4) is 11.3 Å². The third kappa shape index (κ3) is 4.18. The molecule has 0 radical (unpaired) electrons. The SMILES string of the molecule is Cn1ncc2c(-c3cnc4ccccc4c3)nc(N3CCN(C(=O)OC(C)(C)C)CC3)nc21. The minimum Gasteiger partial charge on any atom is -0.444 e. The highest BCUT2D eigenvalue weighted by Gasteiger charge is 2.27. The van der Waals surface area contributed by atoms with Crippen molar-refractivity contribution in [3.63, 3.8) is 0 Å². The Balaban J connectivity index is 1.46. The highest BCUT2D eigenvalue weighted by molar-refractivity contribution is 5.93. The van der Waals surface area contributed by atoms with Gasteiger partial charge in [0, 0.05) is 50.4 Å². The molecule has 0 spiro atoms. The lowest BCUT2D eigenvalue weighted by Crippen LogP contribution is -2.50. The first kappa shape index (κ1) is 21.1. The molecule has 5 rings (SSSR count). The van der Waals surface area contributed by atoms with Crippen molar-refractivity contribution in [2.75, 3.05) is 31.1 Å². The monoisotopic (exact) mass is 445 g/mol. The Hall–Kier alpha value is -3.75. The van der Waals surface area contributed by atoms with Crippen LogP contribution in [0, 0.1) is 0 Å². The van der Waals surface area contributed by atoms with Gasteiger partial charge in [0.1, 0.15) is 5.60 Å². The topological polar surface area (TPSA) is 89.3 Å². The van der Waals surface area contributed by atoms with Crippen LogP contribution >= 0.6 is 0 Å². The number of nitrogens with zero attached hydrogens (tertiary/aromatic N) is 7. The molecule has 33 heavy (non-hydrogen) atoms. The number of ether oxygens (including phenoxy) is 1. The molecule has 9 heteroatoms. The molecule has 9 nitrogen and oxygen atoms in total. The van der Waals surface area contributed by atoms with Crippen LogP contribution in [0.25, 0.3) is 33.2 Å². The molecule has 0 N–H and O–H groups in total. The molecule has 1 aliphatic rings. The van der Waals surface area contributed by atoms with Crippen LogP contribution < -0.4 is 4.90 Å². The van der Waals surface area contributed by atoms with Crippen LogP contribution in [0.5, 0.6) is 0 Å². The Labute approximate surface area is 192 Å². The number of hydrogen-bond donors (Lipinski definition) is 0. The average Bonchev–Trinajstić information content (AvgIpc) is 3.18. The molecular weight excluding hydrogens is 418 g/mol. The lowest BCUT2D eigenvalue weighted by molar-refractivity contribution is 0.0240. The predicted molar refractivity (Wildman–Crippen MR) is 127 cm³/mol. The third-order valence-electron chi connectivity index (χ3n) is 5.66. The van der Waals surface area contributed by atoms with Crippen molar-refractivity contribution in [2.24, 2.45) is 7.05 Å². The van der Waals surface area contributed by atoms with Crippen molar-refractivity contribution >= 4 is 34.0 Å². The van der Waals surface area contributed by atoms with Crippen LogP contribution in [0.2, 0.25) is 0 Å². The fraction of sp³-hybridized carbons (Fsp3) is 0.375. The van der Waals surface area contributed by atoms with E-state index in [0.717, 1.165) is 33.2 Å². The van der Waals surface area contributed by atoms with E-state index >= 15 is 0 Å². The average molecular weight is 446 g/mol. The molecule has 0 aliphatic carbocycles. The number of rotatable bonds is 2. The smallest absolute Gasteiger partial charge is 0.410 e. The molecule has 4 heterocycles. The number of aromatic nitrogens is 5. The summed E-state index contributed by atoms with van der Waals surface area (Å²) in [5, 5.41) is 6.34. The number of hydrogen-bond acceptors (Lipinski definition) is 7. The van der Waals surface area contributed by atoms with Gasteiger partial charge in [0.2, 0.25) is 5.95 Å². The van der Waals surface area contributed by atoms with E-state index < -0.39 is 5.60 Å². The standard InChI is InChI=1S/C24H27N7O2/c1-24(2,3)33-23(32)31-11-9-30(10-12-31)22-27-20(18-15-26-29(4)21(18)28-22)17-13-16-7-5-6-8-19(16)25-14-17/h5-8,13-15H,9-12H2,1-4H3. The van der Waals surface area contributed by atoms with Crippen molar-refractivity contribution in [3.05, 3.63) is 42.7 Å². The minimum atomic E-state index is -0.509. The lowest BCUT2D eigenvalue weighted by Gasteiger charge is -2.35. The van der Waals surface area contributed by atoms with Crippen molar-refractivity contribution < 1.29 is 9.53 Å². The van der Waals surface area contributed by atoms with Crippen molar-refractivity contribution in [2.45, 2.75) is 26.4 Å². The zero-order valence-electron chi connectivity index (χ0n) is 19.3. The molecule has 4 aromatic rings. The normalized spacial score (nSPS) is 14.8. The fourth-order valence-electron chi connectivity index (χ4n) is 3.99. The number of amides is 1. The molecule has 0 saturated carbocycles. The second-order valence-corrected chi connectivity index (χ2v) is 9.25. The van der Waals surface area contributed by atoms with Gasteiger partial charge < -0.3 is 14.5 Å². The fourth-order valence-corrected chi connectivity index (χ4v) is 3.99. The zero-order valence-corrected chi connectivity index (χ0v) is 19.3. The molecule has 3 aromatic heterocycles. The summed E-state index contributed by atoms with van der Waals surface area (Å²) < 4.78 is 7.27. The summed E-state index contributed by atoms with van der Waals surface area (Å²) in [6, 6.07) is 10.1. The zero-order chi connectivity index (χ0) is 23.2. The summed E-state index contributed by atoms with van der Waals surface area (Å²) in [5.41, 5.74) is 2.91. The van der Waals surface area contributed by atoms with Gasteiger partial charge in [-0.05, 0) is 32.9 Å². The Morgan fingerprint density at radius 2 is 1.79 bits per heavy atom. The summed E-state index contributed by atoms with van der Waals surface area (Å²) in [5.74, 6) is 0.623. The first-order chi connectivity index (χ1) is 15.8. The Morgan fingerprint density at radius 3 is 2.55 bits per heavy atom. The van der Waals surface area contributed by atoms with E-state index in [-0.39, 0.29) is 6.09 Å². The van der Waals surface area contributed by atoms with Crippen LogP contribution in [-0.2, 0) is 11.8 Å². The Kier molecular flexibility index (Phi) is 5.11. The van der Waals surface area contributed by atoms with Gasteiger partial charge in [0.25, 0.3) is 0 Å². The van der Waals surface area contributed by atoms with E-state index in [1.807, 2.05) is 58.3 Å². The molecule has 1 amide bonds. The molecule has 0 bridgehead atoms. The number of piperazine rings is 1. The minimum absolute atomic E-state index is 0.284. The van der Waals surface area contributed by atoms with Gasteiger partial charge in [0.05, 0.1) is 22.8 Å². The summed E-state index contributed by atoms with van der Waals surface area (Å²) >= 11 is 0. The summed E-state index contributed by atoms with van der Waals surface area (Å²) in [6.07, 6.45) is 3.36. The molecule has 1 saturated heterocycles. The number of benzene rings is 1. The maximum absolute atomic E-state index is 12.4. The van der Waals surface area contributed by atoms with Crippen molar-refractivity contribution in [1.29, 1.82) is 0 Å². The molecule has 1 aliphatic heterocycles. The highest BCUT2D eigenvalue weighted by Crippen LogP contribution is 2.29. The van der Waals surface area contributed by atoms with Gasteiger partial charge in [-0.3, -0.25) is 9.67 Å². The van der Waals surface area contributed by atoms with E-state index in [2.05, 4.69) is 21.0 Å². The van der Waals surface area contributed by atoms with Gasteiger partial charge in [-0.1, -0.05) is 18.2 Å². The number of pyridine rings is 1. The van der Waals surface area contributed by atoms with E-state index in [1.54, 1.807) is 15.8 Å². The van der Waals surface area contributed by atoms with Crippen LogP contribution in [0.1, 0.15) is 20.8 Å². The molecule has 0 unspecified atom stereocenters. The van der Waals surface area contributed by atoms with Gasteiger partial charge in [0.15, 0.2) is 5.65 Å². The van der Waals surface area contributed by atoms with Gasteiger partial charge >= 0.3 is 6.09 Å². The molecular formula is C24H27N7O2. The molecule has 1 fully saturated rings. The van der Waals surface area contributed by atoms with Crippen LogP contribution in [0.15, 0.2) is 42.7 Å². The van der Waals surface area contributed by atoms with Gasteiger partial charge in [-0.25, -0.2) is 9.78 Å². The highest BCUT2D eigenvalue weighted by atomic mass is 16.6. The summed E-state index contributed by atoms with van der Waals surface area (Å²) in [6.45, 7) is 7.98. The predicted octanol–water partition coefficient (Wildman–Crippen LogP) is 3.64. The summed E-state index contributed by atoms with van der Waals surface area (Å²) in [4.78, 5) is 30.6. The maximum Gasteiger partial charge on any atom is 0.410 e. The molecule has 1 aromatic carbocycles. The second kappa shape index (κ2) is 7.99. The van der Waals surface area contributed by atoms with Crippen LogP contribution in [-0.4, -0.2) is 67.5 Å². The lowest BCUT2D eigenvalue weighted by atomic mass is 10.1. The van der Waals surface area contributed by atoms with E-state index in [1.165, 1.54) is 0 Å². The number of aryl methyl sites for hydroxylation is 1. The second-order valence-electron chi connectivity index (χ2n) is 9.25. The quantitative estimate of drug-likeness (QED) is 0.465. The molecule has 0 atom stereocenters. The number of para-hydroxylation sites is 1.